The second kappa shape index (κ2) is 5.64. The van der Waals surface area contributed by atoms with Gasteiger partial charge < -0.3 is 9.72 Å². The van der Waals surface area contributed by atoms with E-state index in [9.17, 15) is 4.79 Å². The molecule has 3 rings (SSSR count). The van der Waals surface area contributed by atoms with Crippen molar-refractivity contribution in [2.45, 2.75) is 20.8 Å². The molecule has 0 bridgehead atoms. The van der Waals surface area contributed by atoms with E-state index in [0.29, 0.717) is 0 Å². The third-order valence-corrected chi connectivity index (χ3v) is 3.68. The second-order valence-electron chi connectivity index (χ2n) is 5.77. The molecule has 0 saturated carbocycles. The molecule has 1 N–H and O–H groups in total. The standard InChI is InChI=1S/C18H19N3O/c1-12(2)18(22)20-15-10-14(8-7-13(15)3)16-11-21-9-5-4-6-17(21)19-16/h4-12H,1-3H3,(H,20,22). The molecule has 0 aliphatic heterocycles. The average molecular weight is 293 g/mol. The molecule has 2 heterocycles. The number of carbonyl (C=O) groups is 1. The van der Waals surface area contributed by atoms with Gasteiger partial charge in [0.2, 0.25) is 5.91 Å². The first kappa shape index (κ1) is 14.3. The zero-order valence-electron chi connectivity index (χ0n) is 13.0. The van der Waals surface area contributed by atoms with E-state index in [1.165, 1.54) is 0 Å². The summed E-state index contributed by atoms with van der Waals surface area (Å²) in [6, 6.07) is 11.9. The fraction of sp³-hybridized carbons (Fsp3) is 0.222. The predicted molar refractivity (Wildman–Crippen MR) is 88.8 cm³/mol. The normalized spacial score (nSPS) is 11.1. The molecule has 4 nitrogen and oxygen atoms in total. The smallest absolute Gasteiger partial charge is 0.226 e. The molecule has 0 unspecified atom stereocenters. The highest BCUT2D eigenvalue weighted by atomic mass is 16.1. The highest BCUT2D eigenvalue weighted by Crippen LogP contribution is 2.25. The van der Waals surface area contributed by atoms with Gasteiger partial charge in [0.25, 0.3) is 0 Å². The van der Waals surface area contributed by atoms with E-state index in [0.717, 1.165) is 28.2 Å². The number of pyridine rings is 1. The molecule has 3 aromatic rings. The Kier molecular flexibility index (Phi) is 3.67. The molecular weight excluding hydrogens is 274 g/mol. The van der Waals surface area contributed by atoms with Crippen LogP contribution in [0, 0.1) is 12.8 Å². The van der Waals surface area contributed by atoms with Gasteiger partial charge in [0.15, 0.2) is 0 Å². The topological polar surface area (TPSA) is 46.4 Å². The molecule has 112 valence electrons. The van der Waals surface area contributed by atoms with Crippen molar-refractivity contribution in [2.24, 2.45) is 5.92 Å². The molecule has 0 fully saturated rings. The van der Waals surface area contributed by atoms with Crippen molar-refractivity contribution < 1.29 is 4.79 Å². The molecule has 0 atom stereocenters. The van der Waals surface area contributed by atoms with Gasteiger partial charge in [-0.05, 0) is 30.7 Å². The Morgan fingerprint density at radius 1 is 1.23 bits per heavy atom. The number of nitrogens with one attached hydrogen (secondary N) is 1. The number of nitrogens with zero attached hydrogens (tertiary/aromatic N) is 2. The molecule has 0 spiro atoms. The summed E-state index contributed by atoms with van der Waals surface area (Å²) in [4.78, 5) is 16.5. The molecule has 1 amide bonds. The number of hydrogen-bond donors (Lipinski definition) is 1. The molecule has 1 aromatic carbocycles. The highest BCUT2D eigenvalue weighted by Gasteiger charge is 2.11. The lowest BCUT2D eigenvalue weighted by Gasteiger charge is -2.11. The number of rotatable bonds is 3. The molecule has 0 aliphatic rings. The summed E-state index contributed by atoms with van der Waals surface area (Å²) in [5.41, 5.74) is 4.68. The van der Waals surface area contributed by atoms with Crippen LogP contribution in [0.5, 0.6) is 0 Å². The number of fused-ring (bicyclic) bond motifs is 1. The molecule has 4 heteroatoms. The summed E-state index contributed by atoms with van der Waals surface area (Å²) in [5.74, 6) is -0.0199. The summed E-state index contributed by atoms with van der Waals surface area (Å²) in [5, 5.41) is 2.98. The predicted octanol–water partition coefficient (Wildman–Crippen LogP) is 3.90. The van der Waals surface area contributed by atoms with Crippen LogP contribution in [-0.2, 0) is 4.79 Å². The first-order chi connectivity index (χ1) is 10.5. The van der Waals surface area contributed by atoms with Crippen LogP contribution in [0.25, 0.3) is 16.9 Å². The van der Waals surface area contributed by atoms with Crippen molar-refractivity contribution in [2.75, 3.05) is 5.32 Å². The Morgan fingerprint density at radius 3 is 2.77 bits per heavy atom. The van der Waals surface area contributed by atoms with Gasteiger partial charge in [-0.2, -0.15) is 0 Å². The molecule has 0 saturated heterocycles. The summed E-state index contributed by atoms with van der Waals surface area (Å²) in [6.45, 7) is 5.76. The third kappa shape index (κ3) is 2.72. The maximum absolute atomic E-state index is 11.9. The van der Waals surface area contributed by atoms with E-state index < -0.39 is 0 Å². The zero-order chi connectivity index (χ0) is 15.7. The number of amides is 1. The Hall–Kier alpha value is -2.62. The maximum atomic E-state index is 11.9. The second-order valence-corrected chi connectivity index (χ2v) is 5.77. The first-order valence-electron chi connectivity index (χ1n) is 7.40. The fourth-order valence-corrected chi connectivity index (χ4v) is 2.27. The Bertz CT molecular complexity index is 800. The number of aryl methyl sites for hydroxylation is 1. The van der Waals surface area contributed by atoms with Gasteiger partial charge in [0, 0.05) is 29.6 Å². The van der Waals surface area contributed by atoms with Gasteiger partial charge in [0.05, 0.1) is 5.69 Å². The highest BCUT2D eigenvalue weighted by molar-refractivity contribution is 5.93. The summed E-state index contributed by atoms with van der Waals surface area (Å²) >= 11 is 0. The Balaban J connectivity index is 1.99. The zero-order valence-corrected chi connectivity index (χ0v) is 13.0. The molecule has 0 aliphatic carbocycles. The number of anilines is 1. The van der Waals surface area contributed by atoms with E-state index in [-0.39, 0.29) is 11.8 Å². The van der Waals surface area contributed by atoms with E-state index in [1.54, 1.807) is 0 Å². The lowest BCUT2D eigenvalue weighted by molar-refractivity contribution is -0.118. The quantitative estimate of drug-likeness (QED) is 0.796. The van der Waals surface area contributed by atoms with Gasteiger partial charge in [0.1, 0.15) is 5.65 Å². The maximum Gasteiger partial charge on any atom is 0.226 e. The van der Waals surface area contributed by atoms with Crippen LogP contribution in [0.1, 0.15) is 19.4 Å². The van der Waals surface area contributed by atoms with Crippen molar-refractivity contribution in [1.82, 2.24) is 9.38 Å². The van der Waals surface area contributed by atoms with Gasteiger partial charge >= 0.3 is 0 Å². The van der Waals surface area contributed by atoms with Crippen molar-refractivity contribution in [1.29, 1.82) is 0 Å². The Morgan fingerprint density at radius 2 is 2.05 bits per heavy atom. The number of imidazole rings is 1. The minimum absolute atomic E-state index is 0.0234. The number of hydrogen-bond acceptors (Lipinski definition) is 2. The summed E-state index contributed by atoms with van der Waals surface area (Å²) < 4.78 is 1.99. The summed E-state index contributed by atoms with van der Waals surface area (Å²) in [7, 11) is 0. The minimum Gasteiger partial charge on any atom is -0.326 e. The SMILES string of the molecule is Cc1ccc(-c2cn3ccccc3n2)cc1NC(=O)C(C)C. The van der Waals surface area contributed by atoms with Crippen LogP contribution in [0.15, 0.2) is 48.8 Å². The summed E-state index contributed by atoms with van der Waals surface area (Å²) in [6.07, 6.45) is 3.97. The third-order valence-electron chi connectivity index (χ3n) is 3.68. The van der Waals surface area contributed by atoms with Gasteiger partial charge in [-0.3, -0.25) is 4.79 Å². The molecule has 2 aromatic heterocycles. The first-order valence-corrected chi connectivity index (χ1v) is 7.40. The van der Waals surface area contributed by atoms with Crippen molar-refractivity contribution in [3.63, 3.8) is 0 Å². The van der Waals surface area contributed by atoms with Crippen LogP contribution in [0.4, 0.5) is 5.69 Å². The van der Waals surface area contributed by atoms with E-state index >= 15 is 0 Å². The minimum atomic E-state index is -0.0433. The number of carbonyl (C=O) groups excluding carboxylic acids is 1. The van der Waals surface area contributed by atoms with Gasteiger partial charge in [-0.1, -0.05) is 32.0 Å². The van der Waals surface area contributed by atoms with E-state index in [4.69, 9.17) is 0 Å². The van der Waals surface area contributed by atoms with Crippen molar-refractivity contribution in [3.05, 3.63) is 54.4 Å². The van der Waals surface area contributed by atoms with Crippen molar-refractivity contribution >= 4 is 17.2 Å². The number of benzene rings is 1. The molecular formula is C18H19N3O. The van der Waals surface area contributed by atoms with E-state index in [2.05, 4.69) is 10.3 Å². The van der Waals surface area contributed by atoms with Crippen LogP contribution in [0.3, 0.4) is 0 Å². The van der Waals surface area contributed by atoms with E-state index in [1.807, 2.05) is 74.0 Å². The van der Waals surface area contributed by atoms with Crippen molar-refractivity contribution in [3.8, 4) is 11.3 Å². The lowest BCUT2D eigenvalue weighted by atomic mass is 10.1. The monoisotopic (exact) mass is 293 g/mol. The Labute approximate surface area is 129 Å². The van der Waals surface area contributed by atoms with Crippen LogP contribution in [0.2, 0.25) is 0 Å². The largest absolute Gasteiger partial charge is 0.326 e. The van der Waals surface area contributed by atoms with Crippen LogP contribution >= 0.6 is 0 Å². The molecule has 22 heavy (non-hydrogen) atoms. The number of aromatic nitrogens is 2. The van der Waals surface area contributed by atoms with Gasteiger partial charge in [-0.25, -0.2) is 4.98 Å². The van der Waals surface area contributed by atoms with Crippen LogP contribution in [-0.4, -0.2) is 15.3 Å². The lowest BCUT2D eigenvalue weighted by Crippen LogP contribution is -2.18. The average Bonchev–Trinajstić information content (AvgIpc) is 2.93. The fourth-order valence-electron chi connectivity index (χ4n) is 2.27. The van der Waals surface area contributed by atoms with Crippen LogP contribution < -0.4 is 5.32 Å². The van der Waals surface area contributed by atoms with Gasteiger partial charge in [-0.15, -0.1) is 0 Å². The molecule has 0 radical (unpaired) electrons.